The number of allylic oxidation sites excluding steroid dienone is 2. The fourth-order valence-corrected chi connectivity index (χ4v) is 8.39. The zero-order chi connectivity index (χ0) is 39.0. The summed E-state index contributed by atoms with van der Waals surface area (Å²) in [6, 6.07) is 4.25. The maximum Gasteiger partial charge on any atom is 0.303 e. The molecule has 6 rings (SSSR count). The van der Waals surface area contributed by atoms with Crippen molar-refractivity contribution in [3.63, 3.8) is 0 Å². The summed E-state index contributed by atoms with van der Waals surface area (Å²) in [5.41, 5.74) is 0.343. The second-order valence-corrected chi connectivity index (χ2v) is 15.5. The predicted molar refractivity (Wildman–Crippen MR) is 198 cm³/mol. The molecule has 0 spiro atoms. The van der Waals surface area contributed by atoms with Gasteiger partial charge in [-0.2, -0.15) is 0 Å². The lowest BCUT2D eigenvalue weighted by Crippen LogP contribution is -2.61. The summed E-state index contributed by atoms with van der Waals surface area (Å²) >= 11 is 0. The minimum absolute atomic E-state index is 0.00579. The number of ether oxygens (including phenoxy) is 3. The maximum absolute atomic E-state index is 15.0. The van der Waals surface area contributed by atoms with Crippen molar-refractivity contribution < 1.29 is 43.2 Å². The molecule has 1 aliphatic carbocycles. The summed E-state index contributed by atoms with van der Waals surface area (Å²) in [4.78, 5) is 59.4. The molecule has 3 aliphatic rings. The lowest BCUT2D eigenvalue weighted by Gasteiger charge is -2.50. The molecule has 1 aromatic heterocycles. The van der Waals surface area contributed by atoms with Gasteiger partial charge in [0.05, 0.1) is 52.6 Å². The standard InChI is InChI=1S/C41H50N2O10/c1-12-18(2)28-16-27(45)31-19(3)13-25-33(39(31)53-28)38(49)34-32(37(25)48)23(29-15-26(42(8)9)35(46)20(4)50-29)14-24(36(34)47)30-17-41(7,43(10)11)40(21(5)51-30)52-22(6)44/h12-14,16,20-21,26,29-30,35,40,46-47H,15,17H2,1-11H3/b18-12+/t20-,21+,26-,29-,30-,35-,40-,41+/m1/s1. The first-order valence-corrected chi connectivity index (χ1v) is 18.1. The first kappa shape index (κ1) is 38.5. The zero-order valence-corrected chi connectivity index (χ0v) is 32.3. The number of esters is 1. The lowest BCUT2D eigenvalue weighted by atomic mass is 9.74. The van der Waals surface area contributed by atoms with Crippen LogP contribution in [0.3, 0.4) is 0 Å². The Morgan fingerprint density at radius 2 is 1.60 bits per heavy atom. The Morgan fingerprint density at radius 3 is 2.21 bits per heavy atom. The topological polar surface area (TPSA) is 156 Å². The fraction of sp³-hybridized carbons (Fsp3) is 0.512. The number of ketones is 2. The van der Waals surface area contributed by atoms with E-state index in [-0.39, 0.29) is 68.9 Å². The van der Waals surface area contributed by atoms with Crippen LogP contribution in [0.5, 0.6) is 5.75 Å². The van der Waals surface area contributed by atoms with Crippen LogP contribution in [0.25, 0.3) is 16.5 Å². The normalized spacial score (nSPS) is 29.1. The van der Waals surface area contributed by atoms with Gasteiger partial charge in [0.1, 0.15) is 17.6 Å². The number of aliphatic hydroxyl groups excluding tert-OH is 1. The molecule has 0 unspecified atom stereocenters. The van der Waals surface area contributed by atoms with E-state index in [0.717, 1.165) is 0 Å². The van der Waals surface area contributed by atoms with Crippen molar-refractivity contribution in [1.29, 1.82) is 0 Å². The van der Waals surface area contributed by atoms with Gasteiger partial charge in [0.2, 0.25) is 5.78 Å². The molecule has 53 heavy (non-hydrogen) atoms. The third-order valence-electron chi connectivity index (χ3n) is 11.7. The van der Waals surface area contributed by atoms with Gasteiger partial charge in [-0.15, -0.1) is 0 Å². The number of phenolic OH excluding ortho intramolecular Hbond substituents is 1. The highest BCUT2D eigenvalue weighted by atomic mass is 16.6. The number of hydrogen-bond acceptors (Lipinski definition) is 12. The minimum Gasteiger partial charge on any atom is -0.507 e. The molecule has 2 fully saturated rings. The second kappa shape index (κ2) is 13.9. The van der Waals surface area contributed by atoms with Crippen LogP contribution in [0, 0.1) is 6.92 Å². The molecule has 2 N–H and O–H groups in total. The Kier molecular flexibility index (Phi) is 10.1. The summed E-state index contributed by atoms with van der Waals surface area (Å²) < 4.78 is 25.0. The fourth-order valence-electron chi connectivity index (χ4n) is 8.39. The molecular formula is C41H50N2O10. The summed E-state index contributed by atoms with van der Waals surface area (Å²) in [7, 11) is 7.46. The largest absolute Gasteiger partial charge is 0.507 e. The Balaban J connectivity index is 1.63. The van der Waals surface area contributed by atoms with E-state index < -0.39 is 65.4 Å². The van der Waals surface area contributed by atoms with Crippen molar-refractivity contribution in [2.75, 3.05) is 28.2 Å². The van der Waals surface area contributed by atoms with Gasteiger partial charge >= 0.3 is 5.97 Å². The number of aromatic hydroxyl groups is 1. The summed E-state index contributed by atoms with van der Waals surface area (Å²) in [5, 5.41) is 23.5. The van der Waals surface area contributed by atoms with Crippen molar-refractivity contribution in [1.82, 2.24) is 9.80 Å². The molecule has 0 amide bonds. The van der Waals surface area contributed by atoms with Crippen molar-refractivity contribution in [2.45, 2.75) is 110 Å². The van der Waals surface area contributed by atoms with E-state index in [1.54, 1.807) is 46.8 Å². The van der Waals surface area contributed by atoms with E-state index in [0.29, 0.717) is 16.7 Å². The Bertz CT molecular complexity index is 2120. The van der Waals surface area contributed by atoms with Crippen LogP contribution in [0.2, 0.25) is 0 Å². The van der Waals surface area contributed by atoms with Gasteiger partial charge in [0.25, 0.3) is 0 Å². The highest BCUT2D eigenvalue weighted by Crippen LogP contribution is 2.50. The number of aliphatic hydroxyl groups is 1. The van der Waals surface area contributed by atoms with Crippen LogP contribution in [0.4, 0.5) is 0 Å². The van der Waals surface area contributed by atoms with Gasteiger partial charge in [-0.1, -0.05) is 6.08 Å². The van der Waals surface area contributed by atoms with Crippen molar-refractivity contribution in [3.8, 4) is 5.75 Å². The Morgan fingerprint density at radius 1 is 0.943 bits per heavy atom. The number of carbonyl (C=O) groups excluding carboxylic acids is 3. The molecule has 0 saturated carbocycles. The first-order valence-electron chi connectivity index (χ1n) is 18.1. The van der Waals surface area contributed by atoms with Crippen LogP contribution in [0.15, 0.2) is 33.5 Å². The van der Waals surface area contributed by atoms with Gasteiger partial charge < -0.3 is 38.6 Å². The summed E-state index contributed by atoms with van der Waals surface area (Å²) in [6.45, 7) is 12.1. The van der Waals surface area contributed by atoms with Gasteiger partial charge in [0, 0.05) is 35.7 Å². The smallest absolute Gasteiger partial charge is 0.303 e. The number of likely N-dealkylation sites (N-methyl/N-ethyl adjacent to an activating group) is 2. The Labute approximate surface area is 309 Å². The molecule has 8 atom stereocenters. The van der Waals surface area contributed by atoms with Gasteiger partial charge in [-0.05, 0) is 111 Å². The third kappa shape index (κ3) is 6.24. The molecule has 0 radical (unpaired) electrons. The number of rotatable bonds is 6. The van der Waals surface area contributed by atoms with Crippen molar-refractivity contribution in [2.24, 2.45) is 0 Å². The average molecular weight is 731 g/mol. The number of hydrogen-bond donors (Lipinski definition) is 2. The summed E-state index contributed by atoms with van der Waals surface area (Å²) in [5.74, 6) is -1.83. The zero-order valence-electron chi connectivity index (χ0n) is 32.3. The maximum atomic E-state index is 15.0. The number of phenols is 1. The predicted octanol–water partition coefficient (Wildman–Crippen LogP) is 5.25. The van der Waals surface area contributed by atoms with E-state index in [9.17, 15) is 24.6 Å². The highest BCUT2D eigenvalue weighted by Gasteiger charge is 2.51. The highest BCUT2D eigenvalue weighted by molar-refractivity contribution is 6.33. The molecule has 12 nitrogen and oxygen atoms in total. The van der Waals surface area contributed by atoms with Crippen LogP contribution in [-0.2, 0) is 19.0 Å². The average Bonchev–Trinajstić information content (AvgIpc) is 3.08. The van der Waals surface area contributed by atoms with E-state index >= 15 is 4.79 Å². The van der Waals surface area contributed by atoms with Crippen molar-refractivity contribution >= 4 is 34.1 Å². The van der Waals surface area contributed by atoms with E-state index in [4.69, 9.17) is 18.6 Å². The molecule has 3 aromatic rings. The van der Waals surface area contributed by atoms with E-state index in [1.807, 2.05) is 44.9 Å². The molecular weight excluding hydrogens is 680 g/mol. The van der Waals surface area contributed by atoms with E-state index in [1.165, 1.54) is 19.1 Å². The molecule has 2 aliphatic heterocycles. The third-order valence-corrected chi connectivity index (χ3v) is 11.7. The van der Waals surface area contributed by atoms with E-state index in [2.05, 4.69) is 0 Å². The van der Waals surface area contributed by atoms with Gasteiger partial charge in [-0.25, -0.2) is 0 Å². The molecule has 12 heteroatoms. The molecule has 2 aromatic carbocycles. The van der Waals surface area contributed by atoms with Crippen molar-refractivity contribution in [3.05, 3.63) is 79.2 Å². The monoisotopic (exact) mass is 730 g/mol. The lowest BCUT2D eigenvalue weighted by molar-refractivity contribution is -0.201. The van der Waals surface area contributed by atoms with Crippen LogP contribution >= 0.6 is 0 Å². The van der Waals surface area contributed by atoms with Crippen LogP contribution < -0.4 is 5.43 Å². The second-order valence-electron chi connectivity index (χ2n) is 15.5. The van der Waals surface area contributed by atoms with Crippen LogP contribution in [0.1, 0.15) is 121 Å². The number of benzene rings is 2. The van der Waals surface area contributed by atoms with Crippen LogP contribution in [-0.4, -0.2) is 102 Å². The molecule has 2 saturated heterocycles. The molecule has 3 heterocycles. The first-order chi connectivity index (χ1) is 24.8. The van der Waals surface area contributed by atoms with Gasteiger partial charge in [-0.3, -0.25) is 19.2 Å². The Hall–Kier alpha value is -4.20. The summed E-state index contributed by atoms with van der Waals surface area (Å²) in [6.07, 6.45) is -1.99. The number of fused-ring (bicyclic) bond motifs is 4. The molecule has 0 bridgehead atoms. The molecule has 284 valence electrons. The number of aryl methyl sites for hydroxylation is 1. The minimum atomic E-state index is -0.819. The number of nitrogens with zero attached hydrogens (tertiary/aromatic N) is 2. The number of carbonyl (C=O) groups is 3. The SMILES string of the molecule is C/C=C(\C)c1cc(=O)c2c(C)cc3c(c2o1)C(=O)c1c(O)c([C@H]2C[C@](C)(N(C)C)[C@H](OC(C)=O)[C@H](C)O2)cc([C@H]2C[C@@H](N(C)C)[C@H](O)[C@@H](C)O2)c1C3=O. The van der Waals surface area contributed by atoms with Gasteiger partial charge in [0.15, 0.2) is 16.8 Å². The quantitative estimate of drug-likeness (QED) is 0.249.